The highest BCUT2D eigenvalue weighted by Crippen LogP contribution is 2.11. The Labute approximate surface area is 255 Å². The van der Waals surface area contributed by atoms with Crippen LogP contribution in [0, 0.1) is 0 Å². The van der Waals surface area contributed by atoms with Crippen molar-refractivity contribution in [1.29, 1.82) is 0 Å². The number of esters is 1. The number of carbonyl (C=O) groups excluding carboxylic acids is 1. The topological polar surface area (TPSA) is 55.8 Å². The molecular weight excluding hydrogens is 508 g/mol. The van der Waals surface area contributed by atoms with E-state index in [0.717, 1.165) is 44.9 Å². The van der Waals surface area contributed by atoms with Gasteiger partial charge in [0.1, 0.15) is 6.10 Å². The van der Waals surface area contributed by atoms with E-state index in [1.165, 1.54) is 103 Å². The summed E-state index contributed by atoms with van der Waals surface area (Å²) in [6.07, 6.45) is 41.8. The highest BCUT2D eigenvalue weighted by Gasteiger charge is 2.13. The quantitative estimate of drug-likeness (QED) is 0.0491. The number of ether oxygens (including phenoxy) is 2. The fraction of sp³-hybridized carbons (Fsp3) is 0.811. The Morgan fingerprint density at radius 1 is 0.585 bits per heavy atom. The van der Waals surface area contributed by atoms with Crippen molar-refractivity contribution in [2.75, 3.05) is 19.8 Å². The third-order valence-corrected chi connectivity index (χ3v) is 7.47. The van der Waals surface area contributed by atoms with Crippen LogP contribution in [-0.4, -0.2) is 37.0 Å². The molecule has 1 unspecified atom stereocenters. The van der Waals surface area contributed by atoms with E-state index in [4.69, 9.17) is 9.47 Å². The summed E-state index contributed by atoms with van der Waals surface area (Å²) in [7, 11) is 0. The first-order valence-corrected chi connectivity index (χ1v) is 17.6. The Hall–Kier alpha value is -1.39. The van der Waals surface area contributed by atoms with Crippen LogP contribution in [0.25, 0.3) is 0 Å². The predicted molar refractivity (Wildman–Crippen MR) is 177 cm³/mol. The molecule has 0 aliphatic heterocycles. The lowest BCUT2D eigenvalue weighted by Crippen LogP contribution is -2.27. The molecule has 0 radical (unpaired) electrons. The van der Waals surface area contributed by atoms with Crippen molar-refractivity contribution in [2.24, 2.45) is 0 Å². The molecule has 0 aromatic rings. The molecule has 0 aromatic heterocycles. The van der Waals surface area contributed by atoms with Crippen LogP contribution in [0.2, 0.25) is 0 Å². The van der Waals surface area contributed by atoms with Gasteiger partial charge in [-0.15, -0.1) is 0 Å². The Balaban J connectivity index is 3.49. The highest BCUT2D eigenvalue weighted by molar-refractivity contribution is 5.69. The van der Waals surface area contributed by atoms with E-state index in [2.05, 4.69) is 50.3 Å². The Kier molecular flexibility index (Phi) is 33.6. The van der Waals surface area contributed by atoms with Crippen molar-refractivity contribution in [3.8, 4) is 0 Å². The van der Waals surface area contributed by atoms with Gasteiger partial charge in [-0.1, -0.05) is 147 Å². The van der Waals surface area contributed by atoms with Gasteiger partial charge in [0, 0.05) is 13.0 Å². The van der Waals surface area contributed by atoms with Crippen LogP contribution in [0.4, 0.5) is 0 Å². The Morgan fingerprint density at radius 2 is 1.02 bits per heavy atom. The lowest BCUT2D eigenvalue weighted by molar-refractivity contribution is -0.154. The van der Waals surface area contributed by atoms with E-state index < -0.39 is 6.10 Å². The molecule has 0 amide bonds. The minimum atomic E-state index is -0.535. The standard InChI is InChI=1S/C37H68O4/c1-3-5-7-9-11-13-14-15-16-17-18-19-20-21-22-23-24-25-26-28-30-32-37(39)41-36(34-38)35-40-33-31-29-27-12-10-8-6-4-2/h14-15,17-18,20-21,36,38H,3-13,16,19,22-35H2,1-2H3/b15-14-,18-17-,21-20-. The van der Waals surface area contributed by atoms with Crippen LogP contribution >= 0.6 is 0 Å². The molecule has 1 N–H and O–H groups in total. The lowest BCUT2D eigenvalue weighted by Gasteiger charge is -2.15. The third kappa shape index (κ3) is 33.0. The molecule has 240 valence electrons. The maximum Gasteiger partial charge on any atom is 0.306 e. The zero-order valence-corrected chi connectivity index (χ0v) is 27.3. The average Bonchev–Trinajstić information content (AvgIpc) is 2.98. The molecule has 0 aromatic carbocycles. The van der Waals surface area contributed by atoms with Crippen LogP contribution in [-0.2, 0) is 14.3 Å². The molecule has 0 aliphatic rings. The molecule has 0 rings (SSSR count). The summed E-state index contributed by atoms with van der Waals surface area (Å²) in [5, 5.41) is 9.50. The van der Waals surface area contributed by atoms with E-state index >= 15 is 0 Å². The normalized spacial score (nSPS) is 12.8. The van der Waals surface area contributed by atoms with Gasteiger partial charge in [-0.05, 0) is 51.4 Å². The second kappa shape index (κ2) is 34.8. The van der Waals surface area contributed by atoms with Crippen LogP contribution in [0.15, 0.2) is 36.5 Å². The first-order chi connectivity index (χ1) is 20.2. The van der Waals surface area contributed by atoms with Crippen LogP contribution in [0.3, 0.4) is 0 Å². The molecular formula is C37H68O4. The fourth-order valence-electron chi connectivity index (χ4n) is 4.80. The summed E-state index contributed by atoms with van der Waals surface area (Å²) < 4.78 is 11.0. The SMILES string of the molecule is CCCCCCC/C=C\C/C=C\C/C=C\CCCCCCCCC(=O)OC(CO)COCCCCCCCCCC. The number of carbonyl (C=O) groups is 1. The molecule has 0 saturated heterocycles. The molecule has 4 nitrogen and oxygen atoms in total. The maximum atomic E-state index is 12.1. The third-order valence-electron chi connectivity index (χ3n) is 7.47. The average molecular weight is 577 g/mol. The first kappa shape index (κ1) is 39.6. The van der Waals surface area contributed by atoms with Gasteiger partial charge in [-0.2, -0.15) is 0 Å². The second-order valence-corrected chi connectivity index (χ2v) is 11.6. The highest BCUT2D eigenvalue weighted by atomic mass is 16.6. The predicted octanol–water partition coefficient (Wildman–Crippen LogP) is 11.0. The fourth-order valence-corrected chi connectivity index (χ4v) is 4.80. The smallest absolute Gasteiger partial charge is 0.306 e. The molecule has 0 saturated carbocycles. The molecule has 0 spiro atoms. The molecule has 0 fully saturated rings. The van der Waals surface area contributed by atoms with Crippen molar-refractivity contribution in [3.05, 3.63) is 36.5 Å². The Morgan fingerprint density at radius 3 is 1.54 bits per heavy atom. The number of unbranched alkanes of at least 4 members (excludes halogenated alkanes) is 18. The van der Waals surface area contributed by atoms with Crippen molar-refractivity contribution in [1.82, 2.24) is 0 Å². The second-order valence-electron chi connectivity index (χ2n) is 11.6. The van der Waals surface area contributed by atoms with Crippen LogP contribution in [0.5, 0.6) is 0 Å². The number of allylic oxidation sites excluding steroid dienone is 6. The van der Waals surface area contributed by atoms with Gasteiger partial charge in [0.2, 0.25) is 0 Å². The lowest BCUT2D eigenvalue weighted by atomic mass is 10.1. The van der Waals surface area contributed by atoms with Crippen LogP contribution in [0.1, 0.15) is 168 Å². The van der Waals surface area contributed by atoms with E-state index in [0.29, 0.717) is 19.6 Å². The van der Waals surface area contributed by atoms with Gasteiger partial charge < -0.3 is 14.6 Å². The van der Waals surface area contributed by atoms with Gasteiger partial charge in [0.15, 0.2) is 0 Å². The summed E-state index contributed by atoms with van der Waals surface area (Å²) in [4.78, 5) is 12.1. The zero-order valence-electron chi connectivity index (χ0n) is 27.3. The molecule has 1 atom stereocenters. The number of rotatable bonds is 32. The summed E-state index contributed by atoms with van der Waals surface area (Å²) in [6, 6.07) is 0. The van der Waals surface area contributed by atoms with Crippen molar-refractivity contribution < 1.29 is 19.4 Å². The minimum Gasteiger partial charge on any atom is -0.457 e. The van der Waals surface area contributed by atoms with Gasteiger partial charge >= 0.3 is 5.97 Å². The number of aliphatic hydroxyl groups excluding tert-OH is 1. The number of hydrogen-bond acceptors (Lipinski definition) is 4. The monoisotopic (exact) mass is 577 g/mol. The van der Waals surface area contributed by atoms with Crippen molar-refractivity contribution in [3.63, 3.8) is 0 Å². The van der Waals surface area contributed by atoms with Crippen molar-refractivity contribution >= 4 is 5.97 Å². The van der Waals surface area contributed by atoms with E-state index in [-0.39, 0.29) is 12.6 Å². The van der Waals surface area contributed by atoms with Gasteiger partial charge in [-0.3, -0.25) is 4.79 Å². The Bertz CT molecular complexity index is 610. The molecule has 0 heterocycles. The first-order valence-electron chi connectivity index (χ1n) is 17.6. The van der Waals surface area contributed by atoms with E-state index in [1.807, 2.05) is 0 Å². The van der Waals surface area contributed by atoms with Gasteiger partial charge in [0.05, 0.1) is 13.2 Å². The van der Waals surface area contributed by atoms with E-state index in [9.17, 15) is 9.90 Å². The van der Waals surface area contributed by atoms with Gasteiger partial charge in [0.25, 0.3) is 0 Å². The summed E-state index contributed by atoms with van der Waals surface area (Å²) in [5.41, 5.74) is 0. The van der Waals surface area contributed by atoms with Gasteiger partial charge in [-0.25, -0.2) is 0 Å². The molecule has 4 heteroatoms. The number of hydrogen-bond donors (Lipinski definition) is 1. The number of aliphatic hydroxyl groups is 1. The summed E-state index contributed by atoms with van der Waals surface area (Å²) >= 11 is 0. The molecule has 41 heavy (non-hydrogen) atoms. The minimum absolute atomic E-state index is 0.176. The van der Waals surface area contributed by atoms with E-state index in [1.54, 1.807) is 0 Å². The summed E-state index contributed by atoms with van der Waals surface area (Å²) in [6.45, 7) is 5.30. The summed E-state index contributed by atoms with van der Waals surface area (Å²) in [5.74, 6) is -0.215. The molecule has 0 bridgehead atoms. The maximum absolute atomic E-state index is 12.1. The zero-order chi connectivity index (χ0) is 29.9. The van der Waals surface area contributed by atoms with Crippen LogP contribution < -0.4 is 0 Å². The largest absolute Gasteiger partial charge is 0.457 e. The van der Waals surface area contributed by atoms with Crippen molar-refractivity contribution in [2.45, 2.75) is 174 Å². The molecule has 0 aliphatic carbocycles.